The number of aliphatic imine (C=N–C) groups is 1. The van der Waals surface area contributed by atoms with Gasteiger partial charge in [-0.2, -0.15) is 0 Å². The summed E-state index contributed by atoms with van der Waals surface area (Å²) in [5.41, 5.74) is -1.31. The minimum Gasteiger partial charge on any atom is -0.480 e. The van der Waals surface area contributed by atoms with Crippen LogP contribution in [0.5, 0.6) is 0 Å². The molecule has 0 aliphatic rings. The SMILES string of the molecule is CC(=NCCCC(NC(=O)OC(C)(C)C)C(=O)O)NC(=O)OC(C)(C)C. The molecule has 0 aliphatic carbocycles. The van der Waals surface area contributed by atoms with E-state index in [0.29, 0.717) is 18.8 Å². The maximum Gasteiger partial charge on any atom is 0.413 e. The van der Waals surface area contributed by atoms with Crippen LogP contribution in [0.3, 0.4) is 0 Å². The number of carbonyl (C=O) groups is 3. The lowest BCUT2D eigenvalue weighted by Crippen LogP contribution is -2.43. The van der Waals surface area contributed by atoms with Gasteiger partial charge in [-0.3, -0.25) is 10.3 Å². The Morgan fingerprint density at radius 2 is 1.50 bits per heavy atom. The third-order valence-electron chi connectivity index (χ3n) is 2.67. The number of rotatable bonds is 6. The lowest BCUT2D eigenvalue weighted by Gasteiger charge is -2.22. The molecule has 9 heteroatoms. The summed E-state index contributed by atoms with van der Waals surface area (Å²) in [5, 5.41) is 14.0. The van der Waals surface area contributed by atoms with Crippen molar-refractivity contribution in [3.05, 3.63) is 0 Å². The van der Waals surface area contributed by atoms with E-state index in [4.69, 9.17) is 9.47 Å². The second-order valence-corrected chi connectivity index (χ2v) is 7.77. The Morgan fingerprint density at radius 3 is 1.96 bits per heavy atom. The molecule has 26 heavy (non-hydrogen) atoms. The molecule has 0 rings (SSSR count). The molecule has 0 spiro atoms. The van der Waals surface area contributed by atoms with Gasteiger partial charge in [0.2, 0.25) is 0 Å². The minimum atomic E-state index is -1.15. The van der Waals surface area contributed by atoms with Gasteiger partial charge in [-0.05, 0) is 61.3 Å². The van der Waals surface area contributed by atoms with E-state index in [-0.39, 0.29) is 6.42 Å². The zero-order valence-electron chi connectivity index (χ0n) is 16.6. The Kier molecular flexibility index (Phi) is 9.09. The molecule has 0 radical (unpaired) electrons. The standard InChI is InChI=1S/C17H31N3O6/c1-11(19-14(23)25-16(2,3)4)18-10-8-9-12(13(21)22)20-15(24)26-17(5,6)7/h12H,8-10H2,1-7H3,(H,20,24)(H,21,22)(H,18,19,23). The molecule has 0 aromatic carbocycles. The Morgan fingerprint density at radius 1 is 1.00 bits per heavy atom. The van der Waals surface area contributed by atoms with Crippen LogP contribution in [0.15, 0.2) is 4.99 Å². The van der Waals surface area contributed by atoms with Crippen LogP contribution < -0.4 is 10.6 Å². The quantitative estimate of drug-likeness (QED) is 0.373. The predicted molar refractivity (Wildman–Crippen MR) is 97.4 cm³/mol. The smallest absolute Gasteiger partial charge is 0.413 e. The largest absolute Gasteiger partial charge is 0.480 e. The lowest BCUT2D eigenvalue weighted by molar-refractivity contribution is -0.139. The molecular weight excluding hydrogens is 342 g/mol. The molecule has 150 valence electrons. The van der Waals surface area contributed by atoms with Crippen LogP contribution in [0.4, 0.5) is 9.59 Å². The average Bonchev–Trinajstić information content (AvgIpc) is 2.37. The molecule has 0 saturated carbocycles. The Hall–Kier alpha value is -2.32. The van der Waals surface area contributed by atoms with E-state index in [2.05, 4.69) is 15.6 Å². The summed E-state index contributed by atoms with van der Waals surface area (Å²) < 4.78 is 10.1. The molecule has 9 nitrogen and oxygen atoms in total. The highest BCUT2D eigenvalue weighted by Crippen LogP contribution is 2.08. The average molecular weight is 373 g/mol. The summed E-state index contributed by atoms with van der Waals surface area (Å²) in [5.74, 6) is -0.783. The topological polar surface area (TPSA) is 126 Å². The monoisotopic (exact) mass is 373 g/mol. The maximum atomic E-state index is 11.7. The minimum absolute atomic E-state index is 0.178. The predicted octanol–water partition coefficient (Wildman–Crippen LogP) is 2.69. The molecule has 0 heterocycles. The van der Waals surface area contributed by atoms with Gasteiger partial charge in [-0.1, -0.05) is 0 Å². The molecule has 0 aromatic rings. The van der Waals surface area contributed by atoms with E-state index >= 15 is 0 Å². The van der Waals surface area contributed by atoms with Gasteiger partial charge in [-0.25, -0.2) is 14.4 Å². The van der Waals surface area contributed by atoms with Crippen molar-refractivity contribution in [3.8, 4) is 0 Å². The van der Waals surface area contributed by atoms with Crippen LogP contribution in [-0.4, -0.2) is 52.9 Å². The normalized spacial score (nSPS) is 13.6. The van der Waals surface area contributed by atoms with E-state index in [0.717, 1.165) is 0 Å². The first kappa shape index (κ1) is 23.7. The number of nitrogens with one attached hydrogen (secondary N) is 2. The van der Waals surface area contributed by atoms with Crippen molar-refractivity contribution in [1.82, 2.24) is 10.6 Å². The summed E-state index contributed by atoms with van der Waals surface area (Å²) in [4.78, 5) is 38.6. The fourth-order valence-corrected chi connectivity index (χ4v) is 1.74. The second kappa shape index (κ2) is 9.98. The number of hydrogen-bond donors (Lipinski definition) is 3. The number of hydrogen-bond acceptors (Lipinski definition) is 6. The van der Waals surface area contributed by atoms with Crippen LogP contribution in [0, 0.1) is 0 Å². The van der Waals surface area contributed by atoms with Gasteiger partial charge in [0, 0.05) is 6.54 Å². The molecule has 0 aromatic heterocycles. The first-order valence-corrected chi connectivity index (χ1v) is 8.43. The number of alkyl carbamates (subject to hydrolysis) is 2. The summed E-state index contributed by atoms with van der Waals surface area (Å²) in [6.45, 7) is 12.2. The number of carboxylic acid groups (broad SMARTS) is 1. The third kappa shape index (κ3) is 13.0. The first-order chi connectivity index (χ1) is 11.7. The fourth-order valence-electron chi connectivity index (χ4n) is 1.74. The Bertz CT molecular complexity index is 532. The molecular formula is C17H31N3O6. The fraction of sp³-hybridized carbons (Fsp3) is 0.765. The van der Waals surface area contributed by atoms with Gasteiger partial charge in [0.1, 0.15) is 23.1 Å². The highest BCUT2D eigenvalue weighted by Gasteiger charge is 2.23. The zero-order chi connectivity index (χ0) is 20.5. The van der Waals surface area contributed by atoms with Crippen LogP contribution in [-0.2, 0) is 14.3 Å². The Labute approximate surface area is 154 Å². The van der Waals surface area contributed by atoms with Crippen molar-refractivity contribution in [2.75, 3.05) is 6.54 Å². The van der Waals surface area contributed by atoms with E-state index in [1.165, 1.54) is 0 Å². The lowest BCUT2D eigenvalue weighted by atomic mass is 10.1. The molecule has 1 atom stereocenters. The van der Waals surface area contributed by atoms with E-state index in [9.17, 15) is 19.5 Å². The highest BCUT2D eigenvalue weighted by molar-refractivity contribution is 5.93. The molecule has 0 saturated heterocycles. The zero-order valence-corrected chi connectivity index (χ0v) is 16.6. The van der Waals surface area contributed by atoms with Crippen molar-refractivity contribution in [3.63, 3.8) is 0 Å². The second-order valence-electron chi connectivity index (χ2n) is 7.77. The molecule has 2 amide bonds. The van der Waals surface area contributed by atoms with Crippen molar-refractivity contribution in [2.24, 2.45) is 4.99 Å². The van der Waals surface area contributed by atoms with Crippen molar-refractivity contribution >= 4 is 24.0 Å². The first-order valence-electron chi connectivity index (χ1n) is 8.43. The third-order valence-corrected chi connectivity index (χ3v) is 2.67. The van der Waals surface area contributed by atoms with E-state index in [1.807, 2.05) is 0 Å². The van der Waals surface area contributed by atoms with Crippen LogP contribution in [0.1, 0.15) is 61.3 Å². The number of amidine groups is 1. The van der Waals surface area contributed by atoms with Crippen molar-refractivity contribution in [1.29, 1.82) is 0 Å². The van der Waals surface area contributed by atoms with Gasteiger partial charge in [0.25, 0.3) is 0 Å². The number of amides is 2. The Balaban J connectivity index is 4.37. The molecule has 0 bridgehead atoms. The van der Waals surface area contributed by atoms with Crippen molar-refractivity contribution < 1.29 is 29.0 Å². The van der Waals surface area contributed by atoms with Crippen LogP contribution in [0.2, 0.25) is 0 Å². The number of carboxylic acids is 1. The van der Waals surface area contributed by atoms with Gasteiger partial charge in [0.15, 0.2) is 0 Å². The molecule has 1 unspecified atom stereocenters. The summed E-state index contributed by atoms with van der Waals surface area (Å²) in [6.07, 6.45) is -0.803. The number of carbonyl (C=O) groups excluding carboxylic acids is 2. The summed E-state index contributed by atoms with van der Waals surface area (Å²) in [6, 6.07) is -1.07. The highest BCUT2D eigenvalue weighted by atomic mass is 16.6. The van der Waals surface area contributed by atoms with Gasteiger partial charge in [0.05, 0.1) is 0 Å². The molecule has 0 fully saturated rings. The van der Waals surface area contributed by atoms with Gasteiger partial charge in [-0.15, -0.1) is 0 Å². The van der Waals surface area contributed by atoms with Crippen LogP contribution in [0.25, 0.3) is 0 Å². The van der Waals surface area contributed by atoms with Gasteiger partial charge >= 0.3 is 18.2 Å². The van der Waals surface area contributed by atoms with E-state index in [1.54, 1.807) is 48.5 Å². The number of aliphatic carboxylic acids is 1. The van der Waals surface area contributed by atoms with Crippen molar-refractivity contribution in [2.45, 2.75) is 78.6 Å². The maximum absolute atomic E-state index is 11.7. The number of ether oxygens (including phenoxy) is 2. The number of nitrogens with zero attached hydrogens (tertiary/aromatic N) is 1. The van der Waals surface area contributed by atoms with Gasteiger partial charge < -0.3 is 19.9 Å². The van der Waals surface area contributed by atoms with E-state index < -0.39 is 35.4 Å². The summed E-state index contributed by atoms with van der Waals surface area (Å²) in [7, 11) is 0. The summed E-state index contributed by atoms with van der Waals surface area (Å²) >= 11 is 0. The molecule has 0 aliphatic heterocycles. The molecule has 3 N–H and O–H groups in total. The van der Waals surface area contributed by atoms with Crippen LogP contribution >= 0.6 is 0 Å².